The Morgan fingerprint density at radius 3 is 1.88 bits per heavy atom. The number of methoxy groups -OCH3 is 1. The van der Waals surface area contributed by atoms with Crippen molar-refractivity contribution in [2.24, 2.45) is 5.41 Å². The van der Waals surface area contributed by atoms with Gasteiger partial charge < -0.3 is 19.5 Å². The average molecular weight is 351 g/mol. The smallest absolute Gasteiger partial charge is 0.325 e. The Balaban J connectivity index is 3.43. The van der Waals surface area contributed by atoms with E-state index in [0.29, 0.717) is 11.3 Å². The molecule has 0 spiro atoms. The number of benzene rings is 1. The molecule has 1 aromatic rings. The minimum Gasteiger partial charge on any atom is -0.497 e. The van der Waals surface area contributed by atoms with Crippen LogP contribution in [0.2, 0.25) is 0 Å². The van der Waals surface area contributed by atoms with E-state index in [1.807, 2.05) is 0 Å². The molecular weight excluding hydrogens is 326 g/mol. The van der Waals surface area contributed by atoms with Crippen LogP contribution in [0.15, 0.2) is 24.3 Å². The van der Waals surface area contributed by atoms with E-state index in [2.05, 4.69) is 5.32 Å². The number of nitrogens with one attached hydrogen (secondary N) is 1. The summed E-state index contributed by atoms with van der Waals surface area (Å²) in [6.45, 7) is 6.21. The van der Waals surface area contributed by atoms with E-state index in [9.17, 15) is 14.4 Å². The Labute approximate surface area is 147 Å². The molecule has 1 unspecified atom stereocenters. The van der Waals surface area contributed by atoms with E-state index in [0.717, 1.165) is 0 Å². The third-order valence-corrected chi connectivity index (χ3v) is 3.77. The van der Waals surface area contributed by atoms with Gasteiger partial charge >= 0.3 is 11.9 Å². The lowest BCUT2D eigenvalue weighted by Crippen LogP contribution is -2.50. The van der Waals surface area contributed by atoms with Crippen LogP contribution < -0.4 is 10.1 Å². The molecule has 138 valence electrons. The van der Waals surface area contributed by atoms with Crippen molar-refractivity contribution in [1.82, 2.24) is 5.32 Å². The van der Waals surface area contributed by atoms with Crippen LogP contribution in [0.3, 0.4) is 0 Å². The van der Waals surface area contributed by atoms with Gasteiger partial charge in [-0.25, -0.2) is 0 Å². The Morgan fingerprint density at radius 1 is 1.04 bits per heavy atom. The van der Waals surface area contributed by atoms with Crippen molar-refractivity contribution in [3.8, 4) is 5.75 Å². The van der Waals surface area contributed by atoms with E-state index in [1.54, 1.807) is 38.1 Å². The number of rotatable bonds is 8. The molecule has 0 aliphatic rings. The fourth-order valence-electron chi connectivity index (χ4n) is 2.44. The van der Waals surface area contributed by atoms with Crippen molar-refractivity contribution >= 4 is 17.8 Å². The van der Waals surface area contributed by atoms with Gasteiger partial charge in [-0.3, -0.25) is 14.4 Å². The second-order valence-electron chi connectivity index (χ2n) is 5.55. The Morgan fingerprint density at radius 2 is 1.52 bits per heavy atom. The molecule has 0 aromatic heterocycles. The average Bonchev–Trinajstić information content (AvgIpc) is 2.59. The van der Waals surface area contributed by atoms with Crippen LogP contribution in [0.1, 0.15) is 39.3 Å². The van der Waals surface area contributed by atoms with Gasteiger partial charge in [-0.05, 0) is 38.5 Å². The Kier molecular flexibility index (Phi) is 7.42. The number of hydrogen-bond acceptors (Lipinski definition) is 6. The highest BCUT2D eigenvalue weighted by Crippen LogP contribution is 2.37. The van der Waals surface area contributed by atoms with Crippen molar-refractivity contribution in [1.29, 1.82) is 0 Å². The lowest BCUT2D eigenvalue weighted by molar-refractivity contribution is -0.173. The summed E-state index contributed by atoms with van der Waals surface area (Å²) in [6, 6.07) is 5.77. The molecular formula is C18H25NO6. The van der Waals surface area contributed by atoms with E-state index in [1.165, 1.54) is 21.0 Å². The first-order chi connectivity index (χ1) is 11.8. The maximum Gasteiger partial charge on any atom is 0.325 e. The first-order valence-corrected chi connectivity index (χ1v) is 8.06. The van der Waals surface area contributed by atoms with Crippen molar-refractivity contribution in [3.63, 3.8) is 0 Å². The summed E-state index contributed by atoms with van der Waals surface area (Å²) in [5.74, 6) is -1.30. The first-order valence-electron chi connectivity index (χ1n) is 8.06. The second-order valence-corrected chi connectivity index (χ2v) is 5.55. The number of carbonyl (C=O) groups excluding carboxylic acids is 3. The molecule has 7 nitrogen and oxygen atoms in total. The molecule has 1 atom stereocenters. The number of ether oxygens (including phenoxy) is 3. The summed E-state index contributed by atoms with van der Waals surface area (Å²) in [7, 11) is 1.53. The fraction of sp³-hybridized carbons (Fsp3) is 0.500. The molecule has 1 amide bonds. The molecule has 0 radical (unpaired) electrons. The fourth-order valence-corrected chi connectivity index (χ4v) is 2.44. The van der Waals surface area contributed by atoms with Gasteiger partial charge in [-0.1, -0.05) is 12.1 Å². The largest absolute Gasteiger partial charge is 0.497 e. The molecule has 0 aliphatic heterocycles. The number of hydrogen-bond donors (Lipinski definition) is 1. The molecule has 25 heavy (non-hydrogen) atoms. The summed E-state index contributed by atoms with van der Waals surface area (Å²) < 4.78 is 15.3. The number of esters is 2. The van der Waals surface area contributed by atoms with E-state index in [-0.39, 0.29) is 19.1 Å². The summed E-state index contributed by atoms with van der Waals surface area (Å²) in [5.41, 5.74) is -1.17. The number of carbonyl (C=O) groups is 3. The van der Waals surface area contributed by atoms with Gasteiger partial charge in [0.05, 0.1) is 26.4 Å². The molecule has 1 aromatic carbocycles. The molecule has 0 bridgehead atoms. The lowest BCUT2D eigenvalue weighted by Gasteiger charge is -2.34. The zero-order valence-corrected chi connectivity index (χ0v) is 15.3. The van der Waals surface area contributed by atoms with Crippen molar-refractivity contribution in [2.75, 3.05) is 20.3 Å². The minimum absolute atomic E-state index is 0.100. The van der Waals surface area contributed by atoms with E-state index < -0.39 is 23.4 Å². The highest BCUT2D eigenvalue weighted by molar-refractivity contribution is 6.01. The number of amides is 1. The SMILES string of the molecule is CCOC(=O)C(C)(C(=O)OCC)C(NC(C)=O)c1ccc(OC)cc1. The molecule has 1 rings (SSSR count). The molecule has 0 heterocycles. The molecule has 0 aliphatic carbocycles. The molecule has 0 saturated heterocycles. The third kappa shape index (κ3) is 4.71. The molecule has 0 fully saturated rings. The van der Waals surface area contributed by atoms with Crippen molar-refractivity contribution in [2.45, 2.75) is 33.7 Å². The first kappa shape index (κ1) is 20.5. The molecule has 1 N–H and O–H groups in total. The Hall–Kier alpha value is -2.57. The van der Waals surface area contributed by atoms with Crippen LogP contribution in [-0.4, -0.2) is 38.2 Å². The lowest BCUT2D eigenvalue weighted by atomic mass is 9.78. The normalized spacial score (nSPS) is 12.0. The maximum atomic E-state index is 12.6. The van der Waals surface area contributed by atoms with Crippen LogP contribution in [0, 0.1) is 5.41 Å². The molecule has 7 heteroatoms. The summed E-state index contributed by atoms with van der Waals surface area (Å²) >= 11 is 0. The summed E-state index contributed by atoms with van der Waals surface area (Å²) in [6.07, 6.45) is 0. The summed E-state index contributed by atoms with van der Waals surface area (Å²) in [4.78, 5) is 36.9. The molecule has 0 saturated carbocycles. The van der Waals surface area contributed by atoms with Gasteiger partial charge in [0.15, 0.2) is 5.41 Å². The summed E-state index contributed by atoms with van der Waals surface area (Å²) in [5, 5.41) is 2.67. The van der Waals surface area contributed by atoms with Gasteiger partial charge in [0, 0.05) is 6.92 Å². The van der Waals surface area contributed by atoms with E-state index >= 15 is 0 Å². The Bertz CT molecular complexity index is 592. The van der Waals surface area contributed by atoms with Crippen LogP contribution in [-0.2, 0) is 23.9 Å². The van der Waals surface area contributed by atoms with Crippen molar-refractivity contribution in [3.05, 3.63) is 29.8 Å². The van der Waals surface area contributed by atoms with Crippen LogP contribution >= 0.6 is 0 Å². The van der Waals surface area contributed by atoms with Crippen LogP contribution in [0.5, 0.6) is 5.75 Å². The standard InChI is InChI=1S/C18H25NO6/c1-6-24-16(21)18(4,17(22)25-7-2)15(19-12(3)20)13-8-10-14(23-5)11-9-13/h8-11,15H,6-7H2,1-5H3,(H,19,20). The van der Waals surface area contributed by atoms with Gasteiger partial charge in [-0.15, -0.1) is 0 Å². The van der Waals surface area contributed by atoms with Gasteiger partial charge in [0.2, 0.25) is 5.91 Å². The predicted octanol–water partition coefficient (Wildman–Crippen LogP) is 2.00. The van der Waals surface area contributed by atoms with Crippen LogP contribution in [0.4, 0.5) is 0 Å². The van der Waals surface area contributed by atoms with Crippen molar-refractivity contribution < 1.29 is 28.6 Å². The highest BCUT2D eigenvalue weighted by atomic mass is 16.6. The zero-order chi connectivity index (χ0) is 19.0. The van der Waals surface area contributed by atoms with Crippen LogP contribution in [0.25, 0.3) is 0 Å². The van der Waals surface area contributed by atoms with E-state index in [4.69, 9.17) is 14.2 Å². The maximum absolute atomic E-state index is 12.6. The third-order valence-electron chi connectivity index (χ3n) is 3.77. The van der Waals surface area contributed by atoms with Gasteiger partial charge in [0.1, 0.15) is 5.75 Å². The van der Waals surface area contributed by atoms with Gasteiger partial charge in [0.25, 0.3) is 0 Å². The monoisotopic (exact) mass is 351 g/mol. The highest BCUT2D eigenvalue weighted by Gasteiger charge is 2.52. The topological polar surface area (TPSA) is 90.9 Å². The zero-order valence-electron chi connectivity index (χ0n) is 15.3. The minimum atomic E-state index is -1.73. The second kappa shape index (κ2) is 9.05. The van der Waals surface area contributed by atoms with Gasteiger partial charge in [-0.2, -0.15) is 0 Å². The quantitative estimate of drug-likeness (QED) is 0.569. The predicted molar refractivity (Wildman–Crippen MR) is 90.9 cm³/mol.